The fraction of sp³-hybridized carbons (Fsp3) is 0.529. The van der Waals surface area contributed by atoms with Crippen LogP contribution in [-0.4, -0.2) is 42.9 Å². The molecule has 1 aliphatic rings. The second-order valence-corrected chi connectivity index (χ2v) is 10.4. The van der Waals surface area contributed by atoms with Gasteiger partial charge >= 0.3 is 6.09 Å². The number of rotatable bonds is 5. The standard InChI is InChI=1S/C17H22BrNO5S/c1-5-25(22,23)14-13(11-6-8-12(18)9-7-11)17(14,10-20)19-15(21)24-16(2,3)4/h6-10,13-14H,5H2,1-4H3,(H,19,21)/t13-,14+,17-/m0/s1. The lowest BCUT2D eigenvalue weighted by molar-refractivity contribution is -0.110. The summed E-state index contributed by atoms with van der Waals surface area (Å²) in [5.74, 6) is -0.758. The summed E-state index contributed by atoms with van der Waals surface area (Å²) in [6, 6.07) is 7.03. The van der Waals surface area contributed by atoms with E-state index in [9.17, 15) is 18.0 Å². The largest absolute Gasteiger partial charge is 0.444 e. The van der Waals surface area contributed by atoms with Crippen molar-refractivity contribution < 1.29 is 22.7 Å². The van der Waals surface area contributed by atoms with Gasteiger partial charge in [0.2, 0.25) is 0 Å². The second-order valence-electron chi connectivity index (χ2n) is 7.08. The number of carbonyl (C=O) groups is 2. The third-order valence-corrected chi connectivity index (χ3v) is 6.88. The molecule has 1 amide bonds. The Kier molecular flexibility index (Phi) is 5.35. The van der Waals surface area contributed by atoms with Gasteiger partial charge in [0.05, 0.1) is 0 Å². The lowest BCUT2D eigenvalue weighted by Crippen LogP contribution is -2.45. The van der Waals surface area contributed by atoms with Gasteiger partial charge in [0.1, 0.15) is 22.7 Å². The summed E-state index contributed by atoms with van der Waals surface area (Å²) in [6.45, 7) is 6.61. The number of nitrogens with one attached hydrogen (secondary N) is 1. The molecular formula is C17H22BrNO5S. The van der Waals surface area contributed by atoms with Crippen LogP contribution in [0.3, 0.4) is 0 Å². The van der Waals surface area contributed by atoms with Crippen molar-refractivity contribution in [3.8, 4) is 0 Å². The average molecular weight is 432 g/mol. The number of benzene rings is 1. The van der Waals surface area contributed by atoms with Gasteiger partial charge in [-0.25, -0.2) is 13.2 Å². The minimum Gasteiger partial charge on any atom is -0.444 e. The van der Waals surface area contributed by atoms with Gasteiger partial charge in [-0.3, -0.25) is 0 Å². The van der Waals surface area contributed by atoms with Crippen LogP contribution in [0, 0.1) is 0 Å². The smallest absolute Gasteiger partial charge is 0.408 e. The van der Waals surface area contributed by atoms with Crippen molar-refractivity contribution in [3.05, 3.63) is 34.3 Å². The van der Waals surface area contributed by atoms with Crippen molar-refractivity contribution in [1.82, 2.24) is 5.32 Å². The Morgan fingerprint density at radius 1 is 1.32 bits per heavy atom. The van der Waals surface area contributed by atoms with Crippen molar-refractivity contribution in [2.24, 2.45) is 0 Å². The van der Waals surface area contributed by atoms with E-state index in [2.05, 4.69) is 21.2 Å². The molecule has 138 valence electrons. The summed E-state index contributed by atoms with van der Waals surface area (Å²) in [6.07, 6.45) is -0.294. The Balaban J connectivity index is 2.40. The summed E-state index contributed by atoms with van der Waals surface area (Å²) < 4.78 is 31.0. The van der Waals surface area contributed by atoms with E-state index in [-0.39, 0.29) is 5.75 Å². The van der Waals surface area contributed by atoms with E-state index in [1.54, 1.807) is 45.0 Å². The van der Waals surface area contributed by atoms with Crippen LogP contribution in [0.15, 0.2) is 28.7 Å². The molecule has 0 spiro atoms. The predicted molar refractivity (Wildman–Crippen MR) is 98.3 cm³/mol. The fourth-order valence-electron chi connectivity index (χ4n) is 2.98. The number of ether oxygens (including phenoxy) is 1. The van der Waals surface area contributed by atoms with Crippen molar-refractivity contribution in [1.29, 1.82) is 0 Å². The lowest BCUT2D eigenvalue weighted by Gasteiger charge is -2.22. The van der Waals surface area contributed by atoms with Gasteiger partial charge in [0.25, 0.3) is 0 Å². The Labute approximate surface area is 156 Å². The first-order valence-electron chi connectivity index (χ1n) is 7.91. The minimum atomic E-state index is -3.55. The third-order valence-electron chi connectivity index (χ3n) is 4.11. The zero-order valence-electron chi connectivity index (χ0n) is 14.6. The molecule has 0 saturated heterocycles. The van der Waals surface area contributed by atoms with Crippen molar-refractivity contribution in [2.75, 3.05) is 5.75 Å². The highest BCUT2D eigenvalue weighted by atomic mass is 79.9. The molecule has 6 nitrogen and oxygen atoms in total. The summed E-state index contributed by atoms with van der Waals surface area (Å²) in [7, 11) is -3.55. The highest BCUT2D eigenvalue weighted by Crippen LogP contribution is 2.55. The molecular weight excluding hydrogens is 410 g/mol. The molecule has 3 atom stereocenters. The molecule has 0 bridgehead atoms. The quantitative estimate of drug-likeness (QED) is 0.723. The number of halogens is 1. The summed E-state index contributed by atoms with van der Waals surface area (Å²) >= 11 is 3.32. The van der Waals surface area contributed by atoms with Gasteiger partial charge in [0.15, 0.2) is 9.84 Å². The normalized spacial score (nSPS) is 26.0. The van der Waals surface area contributed by atoms with E-state index >= 15 is 0 Å². The summed E-state index contributed by atoms with van der Waals surface area (Å²) in [5.41, 5.74) is -1.59. The first kappa shape index (κ1) is 19.9. The van der Waals surface area contributed by atoms with Crippen LogP contribution in [0.4, 0.5) is 4.79 Å². The second kappa shape index (κ2) is 6.72. The molecule has 1 aromatic carbocycles. The van der Waals surface area contributed by atoms with Crippen LogP contribution in [-0.2, 0) is 19.4 Å². The molecule has 0 aliphatic heterocycles. The molecule has 0 heterocycles. The highest BCUT2D eigenvalue weighted by Gasteiger charge is 2.72. The van der Waals surface area contributed by atoms with Gasteiger partial charge in [-0.2, -0.15) is 0 Å². The van der Waals surface area contributed by atoms with Crippen LogP contribution in [0.5, 0.6) is 0 Å². The molecule has 8 heteroatoms. The summed E-state index contributed by atoms with van der Waals surface area (Å²) in [4.78, 5) is 24.0. The first-order valence-corrected chi connectivity index (χ1v) is 10.4. The molecule has 0 aromatic heterocycles. The van der Waals surface area contributed by atoms with Crippen LogP contribution in [0.1, 0.15) is 39.2 Å². The van der Waals surface area contributed by atoms with E-state index in [0.717, 1.165) is 4.47 Å². The SMILES string of the molecule is CCS(=O)(=O)[C@@H]1[C@H](c2ccc(Br)cc2)[C@]1(C=O)NC(=O)OC(C)(C)C. The van der Waals surface area contributed by atoms with E-state index in [4.69, 9.17) is 4.74 Å². The molecule has 1 aliphatic carbocycles. The Hall–Kier alpha value is -1.41. The van der Waals surface area contributed by atoms with Crippen LogP contribution in [0.25, 0.3) is 0 Å². The zero-order valence-corrected chi connectivity index (χ0v) is 17.0. The topological polar surface area (TPSA) is 89.5 Å². The van der Waals surface area contributed by atoms with E-state index in [1.807, 2.05) is 0 Å². The molecule has 0 radical (unpaired) electrons. The first-order chi connectivity index (χ1) is 11.5. The Morgan fingerprint density at radius 3 is 2.32 bits per heavy atom. The monoisotopic (exact) mass is 431 g/mol. The molecule has 25 heavy (non-hydrogen) atoms. The number of sulfone groups is 1. The van der Waals surface area contributed by atoms with Crippen LogP contribution >= 0.6 is 15.9 Å². The maximum atomic E-state index is 12.5. The summed E-state index contributed by atoms with van der Waals surface area (Å²) in [5, 5.41) is 1.50. The lowest BCUT2D eigenvalue weighted by atomic mass is 10.1. The Bertz CT molecular complexity index is 769. The van der Waals surface area contributed by atoms with Crippen LogP contribution < -0.4 is 5.32 Å². The van der Waals surface area contributed by atoms with Gasteiger partial charge in [0, 0.05) is 16.1 Å². The van der Waals surface area contributed by atoms with Crippen molar-refractivity contribution >= 4 is 38.1 Å². The molecule has 1 N–H and O–H groups in total. The Morgan fingerprint density at radius 2 is 1.88 bits per heavy atom. The van der Waals surface area contributed by atoms with Gasteiger partial charge in [-0.1, -0.05) is 35.0 Å². The maximum Gasteiger partial charge on any atom is 0.408 e. The van der Waals surface area contributed by atoms with Crippen molar-refractivity contribution in [3.63, 3.8) is 0 Å². The number of hydrogen-bond donors (Lipinski definition) is 1. The van der Waals surface area contributed by atoms with E-state index in [1.165, 1.54) is 6.92 Å². The van der Waals surface area contributed by atoms with Gasteiger partial charge in [-0.15, -0.1) is 0 Å². The van der Waals surface area contributed by atoms with Gasteiger partial charge in [-0.05, 0) is 38.5 Å². The molecule has 2 rings (SSSR count). The molecule has 1 saturated carbocycles. The fourth-order valence-corrected chi connectivity index (χ4v) is 5.18. The number of amides is 1. The number of alkyl carbamates (subject to hydrolysis) is 1. The third kappa shape index (κ3) is 4.06. The number of aldehydes is 1. The molecule has 1 aromatic rings. The highest BCUT2D eigenvalue weighted by molar-refractivity contribution is 9.10. The molecule has 0 unspecified atom stereocenters. The van der Waals surface area contributed by atoms with Gasteiger partial charge < -0.3 is 14.8 Å². The zero-order chi connectivity index (χ0) is 19.0. The predicted octanol–water partition coefficient (Wildman–Crippen LogP) is 2.81. The minimum absolute atomic E-state index is 0.115. The number of carbonyl (C=O) groups excluding carboxylic acids is 2. The average Bonchev–Trinajstić information content (AvgIpc) is 3.15. The number of hydrogen-bond acceptors (Lipinski definition) is 5. The maximum absolute atomic E-state index is 12.5. The van der Waals surface area contributed by atoms with E-state index < -0.39 is 38.2 Å². The van der Waals surface area contributed by atoms with Crippen molar-refractivity contribution in [2.45, 2.75) is 50.0 Å². The van der Waals surface area contributed by atoms with E-state index in [0.29, 0.717) is 11.8 Å². The molecule has 1 fully saturated rings. The van der Waals surface area contributed by atoms with Crippen LogP contribution in [0.2, 0.25) is 0 Å².